The second-order valence-electron chi connectivity index (χ2n) is 7.60. The second-order valence-corrected chi connectivity index (χ2v) is 8.93. The summed E-state index contributed by atoms with van der Waals surface area (Å²) in [5, 5.41) is -0.0314. The highest BCUT2D eigenvalue weighted by atomic mass is 32.2. The summed E-state index contributed by atoms with van der Waals surface area (Å²) < 4.78 is 10.8. The van der Waals surface area contributed by atoms with E-state index in [9.17, 15) is 4.79 Å². The Kier molecular flexibility index (Phi) is 6.10. The van der Waals surface area contributed by atoms with E-state index in [1.807, 2.05) is 25.1 Å². The third kappa shape index (κ3) is 4.64. The van der Waals surface area contributed by atoms with Gasteiger partial charge < -0.3 is 14.4 Å². The van der Waals surface area contributed by atoms with Gasteiger partial charge in [-0.15, -0.1) is 11.8 Å². The quantitative estimate of drug-likeness (QED) is 0.718. The standard InChI is InChI=1S/C23H27NO3S/c1-17(28-15-20-7-8-21-22(14-20)27-16-26-21)23(25)24-11-9-19(10-12-24)13-18-5-3-2-4-6-18/h2-8,14,17,19H,9-13,15-16H2,1H3. The first-order valence-corrected chi connectivity index (χ1v) is 11.1. The molecule has 0 aliphatic carbocycles. The molecule has 0 spiro atoms. The number of benzene rings is 2. The predicted octanol–water partition coefficient (Wildman–Crippen LogP) is 4.52. The van der Waals surface area contributed by atoms with Crippen molar-refractivity contribution in [3.63, 3.8) is 0 Å². The van der Waals surface area contributed by atoms with Crippen molar-refractivity contribution in [1.82, 2.24) is 4.90 Å². The zero-order chi connectivity index (χ0) is 19.3. The van der Waals surface area contributed by atoms with E-state index >= 15 is 0 Å². The average molecular weight is 398 g/mol. The molecule has 28 heavy (non-hydrogen) atoms. The van der Waals surface area contributed by atoms with Crippen molar-refractivity contribution in [3.05, 3.63) is 59.7 Å². The van der Waals surface area contributed by atoms with Crippen molar-refractivity contribution < 1.29 is 14.3 Å². The molecule has 4 nitrogen and oxygen atoms in total. The normalized spacial score (nSPS) is 17.5. The van der Waals surface area contributed by atoms with E-state index in [1.165, 1.54) is 5.56 Å². The molecule has 2 aliphatic rings. The van der Waals surface area contributed by atoms with Crippen LogP contribution in [-0.4, -0.2) is 35.9 Å². The van der Waals surface area contributed by atoms with Crippen molar-refractivity contribution in [3.8, 4) is 11.5 Å². The molecule has 1 unspecified atom stereocenters. The van der Waals surface area contributed by atoms with Gasteiger partial charge in [-0.1, -0.05) is 36.4 Å². The molecule has 0 radical (unpaired) electrons. The van der Waals surface area contributed by atoms with Crippen LogP contribution in [0.4, 0.5) is 0 Å². The highest BCUT2D eigenvalue weighted by Gasteiger charge is 2.26. The number of hydrogen-bond donors (Lipinski definition) is 0. The maximum atomic E-state index is 12.8. The van der Waals surface area contributed by atoms with Gasteiger partial charge in [0.2, 0.25) is 12.7 Å². The van der Waals surface area contributed by atoms with E-state index in [2.05, 4.69) is 35.2 Å². The summed E-state index contributed by atoms with van der Waals surface area (Å²) in [5.41, 5.74) is 2.57. The predicted molar refractivity (Wildman–Crippen MR) is 113 cm³/mol. The molecule has 148 valence electrons. The number of piperidine rings is 1. The molecule has 2 aromatic rings. The van der Waals surface area contributed by atoms with Crippen molar-refractivity contribution in [1.29, 1.82) is 0 Å². The van der Waals surface area contributed by atoms with Crippen LogP contribution in [0.3, 0.4) is 0 Å². The molecule has 2 aliphatic heterocycles. The van der Waals surface area contributed by atoms with Crippen LogP contribution in [0.5, 0.6) is 11.5 Å². The Hall–Kier alpha value is -2.14. The van der Waals surface area contributed by atoms with E-state index in [0.717, 1.165) is 55.2 Å². The lowest BCUT2D eigenvalue weighted by Crippen LogP contribution is -2.42. The van der Waals surface area contributed by atoms with Crippen molar-refractivity contribution in [2.24, 2.45) is 5.92 Å². The number of thioether (sulfide) groups is 1. The van der Waals surface area contributed by atoms with Gasteiger partial charge in [0, 0.05) is 18.8 Å². The summed E-state index contributed by atoms with van der Waals surface area (Å²) in [4.78, 5) is 14.9. The number of carbonyl (C=O) groups is 1. The Bertz CT molecular complexity index is 803. The Morgan fingerprint density at radius 2 is 1.82 bits per heavy atom. The maximum absolute atomic E-state index is 12.8. The Morgan fingerprint density at radius 1 is 1.07 bits per heavy atom. The van der Waals surface area contributed by atoms with Gasteiger partial charge in [-0.2, -0.15) is 0 Å². The van der Waals surface area contributed by atoms with Crippen molar-refractivity contribution in [2.45, 2.75) is 37.2 Å². The summed E-state index contributed by atoms with van der Waals surface area (Å²) >= 11 is 1.69. The fourth-order valence-corrected chi connectivity index (χ4v) is 4.80. The summed E-state index contributed by atoms with van der Waals surface area (Å²) in [6.07, 6.45) is 3.32. The number of carbonyl (C=O) groups excluding carboxylic acids is 1. The number of hydrogen-bond acceptors (Lipinski definition) is 4. The van der Waals surface area contributed by atoms with Gasteiger partial charge in [-0.25, -0.2) is 0 Å². The molecule has 1 atom stereocenters. The van der Waals surface area contributed by atoms with Crippen molar-refractivity contribution >= 4 is 17.7 Å². The smallest absolute Gasteiger partial charge is 0.235 e. The third-order valence-electron chi connectivity index (χ3n) is 5.58. The molecular formula is C23H27NO3S. The molecule has 2 heterocycles. The van der Waals surface area contributed by atoms with Crippen LogP contribution in [0.15, 0.2) is 48.5 Å². The first kappa shape index (κ1) is 19.2. The van der Waals surface area contributed by atoms with E-state index < -0.39 is 0 Å². The SMILES string of the molecule is CC(SCc1ccc2c(c1)OCO2)C(=O)N1CCC(Cc2ccccc2)CC1. The molecule has 1 amide bonds. The molecule has 0 N–H and O–H groups in total. The van der Waals surface area contributed by atoms with E-state index in [0.29, 0.717) is 12.7 Å². The zero-order valence-corrected chi connectivity index (χ0v) is 17.1. The molecule has 2 aromatic carbocycles. The minimum Gasteiger partial charge on any atom is -0.454 e. The maximum Gasteiger partial charge on any atom is 0.235 e. The molecule has 1 fully saturated rings. The highest BCUT2D eigenvalue weighted by Crippen LogP contribution is 2.34. The molecule has 4 rings (SSSR count). The first-order valence-electron chi connectivity index (χ1n) is 10.0. The van der Waals surface area contributed by atoms with E-state index in [4.69, 9.17) is 9.47 Å². The zero-order valence-electron chi connectivity index (χ0n) is 16.3. The highest BCUT2D eigenvalue weighted by molar-refractivity contribution is 7.99. The number of ether oxygens (including phenoxy) is 2. The van der Waals surface area contributed by atoms with E-state index in [1.54, 1.807) is 11.8 Å². The Labute approximate surface area is 171 Å². The number of fused-ring (bicyclic) bond motifs is 1. The molecule has 0 aromatic heterocycles. The average Bonchev–Trinajstić information content (AvgIpc) is 3.21. The van der Waals surface area contributed by atoms with Crippen LogP contribution in [0.1, 0.15) is 30.9 Å². The fourth-order valence-electron chi connectivity index (χ4n) is 3.89. The lowest BCUT2D eigenvalue weighted by molar-refractivity contribution is -0.131. The number of likely N-dealkylation sites (tertiary alicyclic amines) is 1. The number of rotatable bonds is 6. The van der Waals surface area contributed by atoms with Gasteiger partial charge in [-0.3, -0.25) is 4.79 Å². The summed E-state index contributed by atoms with van der Waals surface area (Å²) in [5.74, 6) is 3.36. The topological polar surface area (TPSA) is 38.8 Å². The minimum absolute atomic E-state index is 0.0314. The molecule has 5 heteroatoms. The van der Waals surface area contributed by atoms with Gasteiger partial charge in [0.1, 0.15) is 0 Å². The fraction of sp³-hybridized carbons (Fsp3) is 0.435. The molecule has 0 saturated carbocycles. The van der Waals surface area contributed by atoms with Gasteiger partial charge in [0.25, 0.3) is 0 Å². The second kappa shape index (κ2) is 8.91. The van der Waals surface area contributed by atoms with Gasteiger partial charge in [0.15, 0.2) is 11.5 Å². The largest absolute Gasteiger partial charge is 0.454 e. The van der Waals surface area contributed by atoms with Gasteiger partial charge >= 0.3 is 0 Å². The van der Waals surface area contributed by atoms with Crippen LogP contribution in [-0.2, 0) is 17.0 Å². The van der Waals surface area contributed by atoms with Crippen LogP contribution >= 0.6 is 11.8 Å². The lowest BCUT2D eigenvalue weighted by atomic mass is 9.90. The van der Waals surface area contributed by atoms with Crippen molar-refractivity contribution in [2.75, 3.05) is 19.9 Å². The number of nitrogens with zero attached hydrogens (tertiary/aromatic N) is 1. The van der Waals surface area contributed by atoms with Crippen LogP contribution < -0.4 is 9.47 Å². The van der Waals surface area contributed by atoms with Crippen LogP contribution in [0.2, 0.25) is 0 Å². The minimum atomic E-state index is -0.0314. The summed E-state index contributed by atoms with van der Waals surface area (Å²) in [7, 11) is 0. The third-order valence-corrected chi connectivity index (χ3v) is 6.78. The van der Waals surface area contributed by atoms with Gasteiger partial charge in [0.05, 0.1) is 5.25 Å². The van der Waals surface area contributed by atoms with Crippen LogP contribution in [0, 0.1) is 5.92 Å². The van der Waals surface area contributed by atoms with E-state index in [-0.39, 0.29) is 11.2 Å². The van der Waals surface area contributed by atoms with Gasteiger partial charge in [-0.05, 0) is 55.4 Å². The summed E-state index contributed by atoms with van der Waals surface area (Å²) in [6.45, 7) is 4.08. The summed E-state index contributed by atoms with van der Waals surface area (Å²) in [6, 6.07) is 16.7. The van der Waals surface area contributed by atoms with Crippen LogP contribution in [0.25, 0.3) is 0 Å². The lowest BCUT2D eigenvalue weighted by Gasteiger charge is -2.33. The Balaban J connectivity index is 1.23. The monoisotopic (exact) mass is 397 g/mol. The molecule has 0 bridgehead atoms. The molecular weight excluding hydrogens is 370 g/mol. The Morgan fingerprint density at radius 3 is 2.61 bits per heavy atom. The molecule has 1 saturated heterocycles. The number of amides is 1. The first-order chi connectivity index (χ1) is 13.7.